The summed E-state index contributed by atoms with van der Waals surface area (Å²) in [6, 6.07) is 9.23. The predicted octanol–water partition coefficient (Wildman–Crippen LogP) is 1.78. The highest BCUT2D eigenvalue weighted by atomic mass is 16.6. The second-order valence-electron chi connectivity index (χ2n) is 3.94. The molecule has 0 heterocycles. The molecule has 1 N–H and O–H groups in total. The molecule has 0 aliphatic carbocycles. The highest BCUT2D eigenvalue weighted by molar-refractivity contribution is 5.85. The number of carbonyl (C=O) groups is 3. The van der Waals surface area contributed by atoms with Gasteiger partial charge in [0.25, 0.3) is 0 Å². The molecule has 0 aromatic heterocycles. The van der Waals surface area contributed by atoms with E-state index in [1.807, 2.05) is 30.3 Å². The maximum absolute atomic E-state index is 11.3. The van der Waals surface area contributed by atoms with Gasteiger partial charge in [-0.1, -0.05) is 37.3 Å². The van der Waals surface area contributed by atoms with Crippen LogP contribution in [0.3, 0.4) is 0 Å². The molecule has 1 aromatic carbocycles. The van der Waals surface area contributed by atoms with Gasteiger partial charge in [-0.05, 0) is 5.56 Å². The van der Waals surface area contributed by atoms with Crippen molar-refractivity contribution in [3.8, 4) is 0 Å². The lowest BCUT2D eigenvalue weighted by Crippen LogP contribution is -2.27. The van der Waals surface area contributed by atoms with E-state index in [1.165, 1.54) is 0 Å². The molecule has 6 heteroatoms. The predicted molar refractivity (Wildman–Crippen MR) is 70.6 cm³/mol. The summed E-state index contributed by atoms with van der Waals surface area (Å²) in [4.78, 5) is 33.3. The Kier molecular flexibility index (Phi) is 6.81. The molecule has 0 bridgehead atoms. The van der Waals surface area contributed by atoms with Crippen molar-refractivity contribution in [2.24, 2.45) is 0 Å². The summed E-state index contributed by atoms with van der Waals surface area (Å²) in [5, 5.41) is 2.40. The van der Waals surface area contributed by atoms with E-state index in [2.05, 4.69) is 10.1 Å². The van der Waals surface area contributed by atoms with E-state index in [1.54, 1.807) is 6.92 Å². The lowest BCUT2D eigenvalue weighted by molar-refractivity contribution is -0.159. The van der Waals surface area contributed by atoms with Crippen LogP contribution >= 0.6 is 0 Å². The molecule has 20 heavy (non-hydrogen) atoms. The lowest BCUT2D eigenvalue weighted by Gasteiger charge is -2.06. The zero-order chi connectivity index (χ0) is 14.8. The molecular weight excluding hydrogens is 262 g/mol. The highest BCUT2D eigenvalue weighted by Gasteiger charge is 2.09. The first kappa shape index (κ1) is 15.7. The molecule has 0 fully saturated rings. The van der Waals surface area contributed by atoms with Crippen molar-refractivity contribution in [2.45, 2.75) is 26.4 Å². The number of carbonyl (C=O) groups excluding carboxylic acids is 3. The quantitative estimate of drug-likeness (QED) is 0.634. The molecule has 0 aliphatic rings. The van der Waals surface area contributed by atoms with Gasteiger partial charge in [-0.25, -0.2) is 4.79 Å². The summed E-state index contributed by atoms with van der Waals surface area (Å²) in [6.45, 7) is 1.81. The fourth-order valence-corrected chi connectivity index (χ4v) is 1.29. The fraction of sp³-hybridized carbons (Fsp3) is 0.357. The fourth-order valence-electron chi connectivity index (χ4n) is 1.29. The lowest BCUT2D eigenvalue weighted by atomic mass is 10.2. The van der Waals surface area contributed by atoms with E-state index in [0.29, 0.717) is 0 Å². The molecule has 0 saturated heterocycles. The van der Waals surface area contributed by atoms with Crippen molar-refractivity contribution < 1.29 is 23.9 Å². The molecule has 0 saturated carbocycles. The van der Waals surface area contributed by atoms with Crippen molar-refractivity contribution in [3.63, 3.8) is 0 Å². The van der Waals surface area contributed by atoms with E-state index in [-0.39, 0.29) is 26.0 Å². The molecule has 1 amide bonds. The van der Waals surface area contributed by atoms with Gasteiger partial charge in [0, 0.05) is 13.0 Å². The average molecular weight is 279 g/mol. The van der Waals surface area contributed by atoms with Crippen LogP contribution in [0.4, 0.5) is 4.79 Å². The third-order valence-corrected chi connectivity index (χ3v) is 2.33. The van der Waals surface area contributed by atoms with Crippen LogP contribution in [0.1, 0.15) is 25.3 Å². The number of hydrogen-bond acceptors (Lipinski definition) is 5. The van der Waals surface area contributed by atoms with Gasteiger partial charge in [0.2, 0.25) is 0 Å². The Morgan fingerprint density at radius 1 is 1.10 bits per heavy atom. The normalized spacial score (nSPS) is 9.65. The Hall–Kier alpha value is -2.37. The van der Waals surface area contributed by atoms with E-state index in [9.17, 15) is 14.4 Å². The van der Waals surface area contributed by atoms with Crippen molar-refractivity contribution >= 4 is 18.0 Å². The number of nitrogens with one attached hydrogen (secondary N) is 1. The molecule has 0 aliphatic heterocycles. The van der Waals surface area contributed by atoms with Gasteiger partial charge in [-0.3, -0.25) is 9.59 Å². The number of alkyl carbamates (subject to hydrolysis) is 1. The highest BCUT2D eigenvalue weighted by Crippen LogP contribution is 2.00. The largest absolute Gasteiger partial charge is 0.445 e. The molecule has 0 radical (unpaired) electrons. The average Bonchev–Trinajstić information content (AvgIpc) is 2.46. The first-order chi connectivity index (χ1) is 9.61. The standard InChI is InChI=1S/C14H17NO5/c1-2-12(16)20-13(17)8-9-15-14(18)19-10-11-6-4-3-5-7-11/h3-7H,2,8-10H2,1H3,(H,15,18). The number of amides is 1. The molecule has 108 valence electrons. The monoisotopic (exact) mass is 279 g/mol. The molecule has 1 rings (SSSR count). The molecule has 0 atom stereocenters. The Balaban J connectivity index is 2.14. The third-order valence-electron chi connectivity index (χ3n) is 2.33. The SMILES string of the molecule is CCC(=O)OC(=O)CCNC(=O)OCc1ccccc1. The minimum Gasteiger partial charge on any atom is -0.445 e. The van der Waals surface area contributed by atoms with Crippen molar-refractivity contribution in [2.75, 3.05) is 6.54 Å². The first-order valence-electron chi connectivity index (χ1n) is 6.30. The molecule has 6 nitrogen and oxygen atoms in total. The number of hydrogen-bond donors (Lipinski definition) is 1. The van der Waals surface area contributed by atoms with E-state index in [0.717, 1.165) is 5.56 Å². The molecule has 0 spiro atoms. The van der Waals surface area contributed by atoms with Gasteiger partial charge in [-0.2, -0.15) is 0 Å². The van der Waals surface area contributed by atoms with Crippen LogP contribution in [0.2, 0.25) is 0 Å². The Morgan fingerprint density at radius 2 is 1.80 bits per heavy atom. The van der Waals surface area contributed by atoms with Crippen LogP contribution in [0.25, 0.3) is 0 Å². The summed E-state index contributed by atoms with van der Waals surface area (Å²) in [6.07, 6.45) is -0.562. The van der Waals surface area contributed by atoms with Crippen LogP contribution in [-0.4, -0.2) is 24.6 Å². The number of rotatable bonds is 6. The van der Waals surface area contributed by atoms with Crippen LogP contribution < -0.4 is 5.32 Å². The summed E-state index contributed by atoms with van der Waals surface area (Å²) in [5.74, 6) is -1.25. The summed E-state index contributed by atoms with van der Waals surface area (Å²) >= 11 is 0. The van der Waals surface area contributed by atoms with Crippen LogP contribution in [0.15, 0.2) is 30.3 Å². The van der Waals surface area contributed by atoms with Gasteiger partial charge in [0.05, 0.1) is 6.42 Å². The first-order valence-corrected chi connectivity index (χ1v) is 6.30. The van der Waals surface area contributed by atoms with Gasteiger partial charge < -0.3 is 14.8 Å². The molecule has 0 unspecified atom stereocenters. The topological polar surface area (TPSA) is 81.7 Å². The molecular formula is C14H17NO5. The van der Waals surface area contributed by atoms with Gasteiger partial charge in [-0.15, -0.1) is 0 Å². The Morgan fingerprint density at radius 3 is 2.45 bits per heavy atom. The Bertz CT molecular complexity index is 458. The zero-order valence-corrected chi connectivity index (χ0v) is 11.3. The zero-order valence-electron chi connectivity index (χ0n) is 11.3. The van der Waals surface area contributed by atoms with Gasteiger partial charge in [0.15, 0.2) is 0 Å². The van der Waals surface area contributed by atoms with Crippen LogP contribution in [0.5, 0.6) is 0 Å². The summed E-state index contributed by atoms with van der Waals surface area (Å²) in [7, 11) is 0. The van der Waals surface area contributed by atoms with Crippen molar-refractivity contribution in [3.05, 3.63) is 35.9 Å². The number of benzene rings is 1. The number of ether oxygens (including phenoxy) is 2. The number of esters is 2. The van der Waals surface area contributed by atoms with Crippen LogP contribution in [0, 0.1) is 0 Å². The van der Waals surface area contributed by atoms with E-state index >= 15 is 0 Å². The van der Waals surface area contributed by atoms with Gasteiger partial charge in [0.1, 0.15) is 6.61 Å². The molecule has 1 aromatic rings. The summed E-state index contributed by atoms with van der Waals surface area (Å²) < 4.78 is 9.38. The minimum atomic E-state index is -0.666. The van der Waals surface area contributed by atoms with E-state index in [4.69, 9.17) is 4.74 Å². The second-order valence-corrected chi connectivity index (χ2v) is 3.94. The maximum atomic E-state index is 11.3. The third kappa shape index (κ3) is 6.53. The Labute approximate surface area is 117 Å². The summed E-state index contributed by atoms with van der Waals surface area (Å²) in [5.41, 5.74) is 0.871. The second kappa shape index (κ2) is 8.68. The van der Waals surface area contributed by atoms with Crippen molar-refractivity contribution in [1.82, 2.24) is 5.32 Å². The van der Waals surface area contributed by atoms with E-state index < -0.39 is 18.0 Å². The van der Waals surface area contributed by atoms with Gasteiger partial charge >= 0.3 is 18.0 Å². The van der Waals surface area contributed by atoms with Crippen molar-refractivity contribution in [1.29, 1.82) is 0 Å². The minimum absolute atomic E-state index is 0.0590. The van der Waals surface area contributed by atoms with Crippen LogP contribution in [-0.2, 0) is 25.7 Å². The maximum Gasteiger partial charge on any atom is 0.407 e. The smallest absolute Gasteiger partial charge is 0.407 e.